The van der Waals surface area contributed by atoms with Crippen LogP contribution in [-0.2, 0) is 9.84 Å². The largest absolute Gasteiger partial charge is 0.298 e. The lowest BCUT2D eigenvalue weighted by molar-refractivity contribution is 0.102. The molecule has 0 fully saturated rings. The summed E-state index contributed by atoms with van der Waals surface area (Å²) in [6.07, 6.45) is 1.11. The molecule has 0 spiro atoms. The van der Waals surface area contributed by atoms with E-state index in [4.69, 9.17) is 0 Å². The smallest absolute Gasteiger partial charge is 0.257 e. The Balaban J connectivity index is 1.84. The summed E-state index contributed by atoms with van der Waals surface area (Å²) in [6.45, 7) is 0. The average molecular weight is 471 g/mol. The van der Waals surface area contributed by atoms with Gasteiger partial charge in [0.05, 0.1) is 15.5 Å². The molecule has 1 N–H and O–H groups in total. The first kappa shape index (κ1) is 21.8. The Kier molecular flexibility index (Phi) is 5.86. The molecule has 0 aliphatic carbocycles. The third kappa shape index (κ3) is 4.58. The molecule has 5 nitrogen and oxygen atoms in total. The van der Waals surface area contributed by atoms with E-state index in [1.165, 1.54) is 48.5 Å². The highest BCUT2D eigenvalue weighted by Gasteiger charge is 2.22. The second kappa shape index (κ2) is 8.60. The van der Waals surface area contributed by atoms with Crippen molar-refractivity contribution in [2.75, 3.05) is 11.6 Å². The molecule has 0 aliphatic rings. The summed E-state index contributed by atoms with van der Waals surface area (Å²) >= 11 is 1.07. The topological polar surface area (TPSA) is 76.1 Å². The second-order valence-electron chi connectivity index (χ2n) is 6.94. The van der Waals surface area contributed by atoms with Crippen LogP contribution >= 0.6 is 11.3 Å². The Hall–Kier alpha value is -3.43. The van der Waals surface area contributed by atoms with Crippen molar-refractivity contribution in [1.82, 2.24) is 4.98 Å². The van der Waals surface area contributed by atoms with Crippen molar-refractivity contribution < 1.29 is 22.0 Å². The summed E-state index contributed by atoms with van der Waals surface area (Å²) in [5.41, 5.74) is 1.47. The van der Waals surface area contributed by atoms with Crippen LogP contribution in [0.4, 0.5) is 13.9 Å². The molecule has 0 atom stereocenters. The lowest BCUT2D eigenvalue weighted by Crippen LogP contribution is -2.11. The molecule has 4 rings (SSSR count). The van der Waals surface area contributed by atoms with E-state index in [-0.39, 0.29) is 15.6 Å². The molecule has 32 heavy (non-hydrogen) atoms. The van der Waals surface area contributed by atoms with Crippen molar-refractivity contribution in [1.29, 1.82) is 0 Å². The van der Waals surface area contributed by atoms with Crippen LogP contribution in [0.3, 0.4) is 0 Å². The van der Waals surface area contributed by atoms with Crippen LogP contribution in [0.15, 0.2) is 77.7 Å². The monoisotopic (exact) mass is 470 g/mol. The van der Waals surface area contributed by atoms with Gasteiger partial charge in [-0.05, 0) is 48.5 Å². The van der Waals surface area contributed by atoms with Crippen molar-refractivity contribution in [2.24, 2.45) is 0 Å². The average Bonchev–Trinajstić information content (AvgIpc) is 3.17. The zero-order valence-corrected chi connectivity index (χ0v) is 18.3. The number of halogens is 2. The molecule has 3 aromatic carbocycles. The third-order valence-electron chi connectivity index (χ3n) is 4.58. The first-order valence-electron chi connectivity index (χ1n) is 9.35. The molecule has 0 unspecified atom stereocenters. The molecule has 162 valence electrons. The number of thiazole rings is 1. The Morgan fingerprint density at radius 1 is 0.938 bits per heavy atom. The minimum Gasteiger partial charge on any atom is -0.298 e. The molecule has 9 heteroatoms. The predicted molar refractivity (Wildman–Crippen MR) is 120 cm³/mol. The quantitative estimate of drug-likeness (QED) is 0.423. The maximum atomic E-state index is 13.5. The minimum atomic E-state index is -3.56. The van der Waals surface area contributed by atoms with Gasteiger partial charge < -0.3 is 0 Å². The zero-order chi connectivity index (χ0) is 22.9. The van der Waals surface area contributed by atoms with Crippen LogP contribution in [0.25, 0.3) is 21.7 Å². The van der Waals surface area contributed by atoms with E-state index >= 15 is 0 Å². The standard InChI is InChI=1S/C23H16F2N2O3S2/c1-32(29,30)19-8-3-2-7-18(19)21-20(14-9-11-16(24)12-10-14)26-23(31-21)27-22(28)15-5-4-6-17(25)13-15/h2-13H,1H3,(H,26,27,28). The first-order valence-corrected chi connectivity index (χ1v) is 12.1. The Bertz CT molecular complexity index is 1420. The number of carbonyl (C=O) groups is 1. The van der Waals surface area contributed by atoms with E-state index in [0.717, 1.165) is 23.7 Å². The summed E-state index contributed by atoms with van der Waals surface area (Å²) in [7, 11) is -3.56. The van der Waals surface area contributed by atoms with Crippen LogP contribution in [0, 0.1) is 11.6 Å². The van der Waals surface area contributed by atoms with Gasteiger partial charge in [-0.3, -0.25) is 10.1 Å². The summed E-state index contributed by atoms with van der Waals surface area (Å²) in [4.78, 5) is 17.6. The second-order valence-corrected chi connectivity index (χ2v) is 9.92. The summed E-state index contributed by atoms with van der Waals surface area (Å²) < 4.78 is 51.6. The lowest BCUT2D eigenvalue weighted by atomic mass is 10.1. The molecule has 0 bridgehead atoms. The number of rotatable bonds is 5. The van der Waals surface area contributed by atoms with Gasteiger partial charge in [0.25, 0.3) is 5.91 Å². The first-order chi connectivity index (χ1) is 15.2. The number of amides is 1. The van der Waals surface area contributed by atoms with Gasteiger partial charge >= 0.3 is 0 Å². The van der Waals surface area contributed by atoms with Gasteiger partial charge in [-0.1, -0.05) is 35.6 Å². The van der Waals surface area contributed by atoms with Gasteiger partial charge in [0.2, 0.25) is 0 Å². The van der Waals surface area contributed by atoms with Gasteiger partial charge in [0.1, 0.15) is 11.6 Å². The zero-order valence-electron chi connectivity index (χ0n) is 16.7. The van der Waals surface area contributed by atoms with Crippen molar-refractivity contribution in [3.05, 3.63) is 90.0 Å². The molecular formula is C23H16F2N2O3S2. The van der Waals surface area contributed by atoms with Crippen LogP contribution in [-0.4, -0.2) is 25.6 Å². The van der Waals surface area contributed by atoms with Gasteiger partial charge in [0, 0.05) is 22.9 Å². The summed E-state index contributed by atoms with van der Waals surface area (Å²) in [5, 5.41) is 2.83. The third-order valence-corrected chi connectivity index (χ3v) is 6.74. The van der Waals surface area contributed by atoms with Gasteiger partial charge in [-0.15, -0.1) is 0 Å². The maximum Gasteiger partial charge on any atom is 0.257 e. The van der Waals surface area contributed by atoms with E-state index < -0.39 is 27.4 Å². The van der Waals surface area contributed by atoms with E-state index in [9.17, 15) is 22.0 Å². The van der Waals surface area contributed by atoms with Crippen molar-refractivity contribution in [3.63, 3.8) is 0 Å². The van der Waals surface area contributed by atoms with Crippen LogP contribution in [0.1, 0.15) is 10.4 Å². The number of sulfone groups is 1. The Morgan fingerprint density at radius 3 is 2.34 bits per heavy atom. The highest BCUT2D eigenvalue weighted by atomic mass is 32.2. The number of hydrogen-bond acceptors (Lipinski definition) is 5. The van der Waals surface area contributed by atoms with Crippen LogP contribution in [0.5, 0.6) is 0 Å². The summed E-state index contributed by atoms with van der Waals surface area (Å²) in [6, 6.07) is 17.3. The van der Waals surface area contributed by atoms with Gasteiger partial charge in [-0.25, -0.2) is 22.2 Å². The number of nitrogens with one attached hydrogen (secondary N) is 1. The molecule has 0 aliphatic heterocycles. The SMILES string of the molecule is CS(=O)(=O)c1ccccc1-c1sc(NC(=O)c2cccc(F)c2)nc1-c1ccc(F)cc1. The summed E-state index contributed by atoms with van der Waals surface area (Å²) in [5.74, 6) is -1.54. The van der Waals surface area contributed by atoms with Crippen molar-refractivity contribution >= 4 is 32.2 Å². The number of hydrogen-bond donors (Lipinski definition) is 1. The molecule has 0 saturated heterocycles. The minimum absolute atomic E-state index is 0.106. The van der Waals surface area contributed by atoms with Crippen molar-refractivity contribution in [2.45, 2.75) is 4.90 Å². The predicted octanol–water partition coefficient (Wildman–Crippen LogP) is 5.41. The number of aromatic nitrogens is 1. The number of nitrogens with zero attached hydrogens (tertiary/aromatic N) is 1. The molecule has 0 radical (unpaired) electrons. The molecular weight excluding hydrogens is 454 g/mol. The lowest BCUT2D eigenvalue weighted by Gasteiger charge is -2.08. The fourth-order valence-corrected chi connectivity index (χ4v) is 5.12. The van der Waals surface area contributed by atoms with E-state index in [0.29, 0.717) is 21.7 Å². The maximum absolute atomic E-state index is 13.5. The molecule has 1 aromatic heterocycles. The fourth-order valence-electron chi connectivity index (χ4n) is 3.14. The number of carbonyl (C=O) groups excluding carboxylic acids is 1. The number of anilines is 1. The highest BCUT2D eigenvalue weighted by Crippen LogP contribution is 2.41. The molecule has 1 heterocycles. The molecule has 1 amide bonds. The highest BCUT2D eigenvalue weighted by molar-refractivity contribution is 7.90. The van der Waals surface area contributed by atoms with Crippen LogP contribution < -0.4 is 5.32 Å². The van der Waals surface area contributed by atoms with E-state index in [1.54, 1.807) is 18.2 Å². The Morgan fingerprint density at radius 2 is 1.66 bits per heavy atom. The molecule has 0 saturated carbocycles. The van der Waals surface area contributed by atoms with E-state index in [1.807, 2.05) is 0 Å². The van der Waals surface area contributed by atoms with Crippen molar-refractivity contribution in [3.8, 4) is 21.7 Å². The van der Waals surface area contributed by atoms with Gasteiger partial charge in [0.15, 0.2) is 15.0 Å². The normalized spacial score (nSPS) is 11.3. The van der Waals surface area contributed by atoms with E-state index in [2.05, 4.69) is 10.3 Å². The fraction of sp³-hybridized carbons (Fsp3) is 0.0435. The van der Waals surface area contributed by atoms with Crippen LogP contribution in [0.2, 0.25) is 0 Å². The molecule has 4 aromatic rings. The number of benzene rings is 3. The van der Waals surface area contributed by atoms with Gasteiger partial charge in [-0.2, -0.15) is 0 Å². The Labute approximate surface area is 187 Å².